The fourth-order valence-corrected chi connectivity index (χ4v) is 1.83. The average Bonchev–Trinajstić information content (AvgIpc) is 2.88. The van der Waals surface area contributed by atoms with Crippen molar-refractivity contribution >= 4 is 11.8 Å². The third-order valence-electron chi connectivity index (χ3n) is 2.84. The van der Waals surface area contributed by atoms with Crippen LogP contribution in [0.5, 0.6) is 0 Å². The van der Waals surface area contributed by atoms with Crippen molar-refractivity contribution in [3.8, 4) is 0 Å². The lowest BCUT2D eigenvalue weighted by molar-refractivity contribution is 0.0697. The molecule has 1 atom stereocenters. The second kappa shape index (κ2) is 5.64. The van der Waals surface area contributed by atoms with Gasteiger partial charge in [0.1, 0.15) is 24.0 Å². The Morgan fingerprint density at radius 3 is 2.80 bits per heavy atom. The van der Waals surface area contributed by atoms with E-state index in [1.54, 1.807) is 6.33 Å². The van der Waals surface area contributed by atoms with Crippen LogP contribution in [0.15, 0.2) is 18.9 Å². The van der Waals surface area contributed by atoms with E-state index in [-0.39, 0.29) is 23.5 Å². The van der Waals surface area contributed by atoms with Gasteiger partial charge in [-0.05, 0) is 20.8 Å². The molecule has 2 rings (SSSR count). The second-order valence-electron chi connectivity index (χ2n) is 4.65. The summed E-state index contributed by atoms with van der Waals surface area (Å²) < 4.78 is 1.92. The van der Waals surface area contributed by atoms with Crippen molar-refractivity contribution in [1.82, 2.24) is 24.7 Å². The van der Waals surface area contributed by atoms with Gasteiger partial charge in [0.05, 0.1) is 6.04 Å². The van der Waals surface area contributed by atoms with Gasteiger partial charge in [0.2, 0.25) is 0 Å². The summed E-state index contributed by atoms with van der Waals surface area (Å²) in [5.74, 6) is -0.0983. The molecule has 2 heterocycles. The van der Waals surface area contributed by atoms with Gasteiger partial charge in [0.25, 0.3) is 0 Å². The number of hydrogen-bond donors (Lipinski definition) is 2. The summed E-state index contributed by atoms with van der Waals surface area (Å²) in [5.41, 5.74) is 0.0231. The fourth-order valence-electron chi connectivity index (χ4n) is 1.83. The number of anilines is 1. The predicted molar refractivity (Wildman–Crippen MR) is 71.4 cm³/mol. The largest absolute Gasteiger partial charge is 0.477 e. The van der Waals surface area contributed by atoms with Gasteiger partial charge >= 0.3 is 5.97 Å². The Hall–Kier alpha value is -2.51. The standard InChI is InChI=1S/C12H16N6O2/c1-7(2)18-6-15-17-11(18)8(3)16-10-9(12(19)20)4-13-5-14-10/h4-8H,1-3H3,(H,19,20)(H,13,14,16)/t8-/m1/s1. The summed E-state index contributed by atoms with van der Waals surface area (Å²) in [7, 11) is 0. The van der Waals surface area contributed by atoms with Gasteiger partial charge in [-0.3, -0.25) is 0 Å². The number of nitrogens with one attached hydrogen (secondary N) is 1. The summed E-state index contributed by atoms with van der Waals surface area (Å²) in [5, 5.41) is 20.1. The van der Waals surface area contributed by atoms with Crippen LogP contribution in [0.1, 0.15) is 49.0 Å². The SMILES string of the molecule is CC(C)n1cnnc1[C@@H](C)Nc1ncncc1C(=O)O. The molecule has 2 aromatic rings. The number of carboxylic acid groups (broad SMARTS) is 1. The van der Waals surface area contributed by atoms with Crippen LogP contribution in [0.25, 0.3) is 0 Å². The maximum absolute atomic E-state index is 11.1. The van der Waals surface area contributed by atoms with Crippen molar-refractivity contribution in [2.24, 2.45) is 0 Å². The average molecular weight is 276 g/mol. The Bertz CT molecular complexity index is 609. The van der Waals surface area contributed by atoms with Gasteiger partial charge in [-0.1, -0.05) is 0 Å². The second-order valence-corrected chi connectivity index (χ2v) is 4.65. The molecule has 2 aromatic heterocycles. The minimum absolute atomic E-state index is 0.0231. The quantitative estimate of drug-likeness (QED) is 0.852. The Kier molecular flexibility index (Phi) is 3.92. The third kappa shape index (κ3) is 2.73. The Balaban J connectivity index is 2.26. The van der Waals surface area contributed by atoms with Crippen LogP contribution in [-0.4, -0.2) is 35.8 Å². The molecule has 8 nitrogen and oxygen atoms in total. The minimum atomic E-state index is -1.08. The summed E-state index contributed by atoms with van der Waals surface area (Å²) >= 11 is 0. The topological polar surface area (TPSA) is 106 Å². The van der Waals surface area contributed by atoms with Gasteiger partial charge in [-0.2, -0.15) is 0 Å². The number of rotatable bonds is 5. The molecule has 0 aliphatic carbocycles. The summed E-state index contributed by atoms with van der Waals surface area (Å²) in [4.78, 5) is 18.8. The zero-order valence-electron chi connectivity index (χ0n) is 11.5. The highest BCUT2D eigenvalue weighted by Crippen LogP contribution is 2.20. The molecule has 20 heavy (non-hydrogen) atoms. The molecule has 0 saturated carbocycles. The van der Waals surface area contributed by atoms with Gasteiger partial charge in [-0.25, -0.2) is 14.8 Å². The molecule has 0 aliphatic rings. The van der Waals surface area contributed by atoms with Crippen LogP contribution in [0, 0.1) is 0 Å². The lowest BCUT2D eigenvalue weighted by Crippen LogP contribution is -2.17. The minimum Gasteiger partial charge on any atom is -0.477 e. The first-order valence-corrected chi connectivity index (χ1v) is 6.20. The highest BCUT2D eigenvalue weighted by Gasteiger charge is 2.18. The van der Waals surface area contributed by atoms with Crippen LogP contribution >= 0.6 is 0 Å². The fraction of sp³-hybridized carbons (Fsp3) is 0.417. The molecule has 0 radical (unpaired) electrons. The molecule has 0 saturated heterocycles. The highest BCUT2D eigenvalue weighted by atomic mass is 16.4. The van der Waals surface area contributed by atoms with Crippen molar-refractivity contribution in [1.29, 1.82) is 0 Å². The zero-order valence-corrected chi connectivity index (χ0v) is 11.5. The van der Waals surface area contributed by atoms with Gasteiger partial charge in [0, 0.05) is 12.2 Å². The number of carboxylic acids is 1. The number of nitrogens with zero attached hydrogens (tertiary/aromatic N) is 5. The maximum atomic E-state index is 11.1. The number of carbonyl (C=O) groups is 1. The third-order valence-corrected chi connectivity index (χ3v) is 2.84. The molecule has 0 fully saturated rings. The van der Waals surface area contributed by atoms with Gasteiger partial charge in [0.15, 0.2) is 5.82 Å². The summed E-state index contributed by atoms with van der Waals surface area (Å²) in [6.45, 7) is 5.91. The van der Waals surface area contributed by atoms with Crippen LogP contribution in [0.4, 0.5) is 5.82 Å². The molecule has 106 valence electrons. The molecule has 0 unspecified atom stereocenters. The van der Waals surface area contributed by atoms with Crippen molar-refractivity contribution < 1.29 is 9.90 Å². The lowest BCUT2D eigenvalue weighted by Gasteiger charge is -2.17. The first kappa shape index (κ1) is 13.9. The lowest BCUT2D eigenvalue weighted by atomic mass is 10.2. The van der Waals surface area contributed by atoms with E-state index in [9.17, 15) is 4.79 Å². The maximum Gasteiger partial charge on any atom is 0.341 e. The van der Waals surface area contributed by atoms with E-state index in [1.165, 1.54) is 12.5 Å². The van der Waals surface area contributed by atoms with E-state index < -0.39 is 5.97 Å². The van der Waals surface area contributed by atoms with Gasteiger partial charge in [-0.15, -0.1) is 10.2 Å². The van der Waals surface area contributed by atoms with Crippen molar-refractivity contribution in [3.63, 3.8) is 0 Å². The Labute approximate surface area is 115 Å². The molecule has 0 spiro atoms. The Morgan fingerprint density at radius 1 is 1.40 bits per heavy atom. The van der Waals surface area contributed by atoms with Crippen molar-refractivity contribution in [2.45, 2.75) is 32.9 Å². The molecular formula is C12H16N6O2. The molecule has 0 aliphatic heterocycles. The zero-order chi connectivity index (χ0) is 14.7. The molecule has 2 N–H and O–H groups in total. The molecule has 8 heteroatoms. The first-order chi connectivity index (χ1) is 9.50. The summed E-state index contributed by atoms with van der Waals surface area (Å²) in [6.07, 6.45) is 4.21. The van der Waals surface area contributed by atoms with Crippen LogP contribution in [0.3, 0.4) is 0 Å². The van der Waals surface area contributed by atoms with Crippen LogP contribution in [-0.2, 0) is 0 Å². The Morgan fingerprint density at radius 2 is 2.15 bits per heavy atom. The van der Waals surface area contributed by atoms with E-state index >= 15 is 0 Å². The normalized spacial score (nSPS) is 12.4. The molecule has 0 amide bonds. The van der Waals surface area contributed by atoms with E-state index in [2.05, 4.69) is 25.5 Å². The molecule has 0 bridgehead atoms. The summed E-state index contributed by atoms with van der Waals surface area (Å²) in [6, 6.07) is -0.0125. The molecule has 0 aromatic carbocycles. The van der Waals surface area contributed by atoms with E-state index in [0.717, 1.165) is 5.82 Å². The van der Waals surface area contributed by atoms with Crippen LogP contribution in [0.2, 0.25) is 0 Å². The van der Waals surface area contributed by atoms with E-state index in [1.807, 2.05) is 25.3 Å². The predicted octanol–water partition coefficient (Wildman–Crippen LogP) is 1.52. The number of hydrogen-bond acceptors (Lipinski definition) is 6. The number of aromatic nitrogens is 5. The van der Waals surface area contributed by atoms with Crippen LogP contribution < -0.4 is 5.32 Å². The highest BCUT2D eigenvalue weighted by molar-refractivity contribution is 5.92. The van der Waals surface area contributed by atoms with E-state index in [0.29, 0.717) is 0 Å². The number of aromatic carboxylic acids is 1. The first-order valence-electron chi connectivity index (χ1n) is 6.20. The van der Waals surface area contributed by atoms with Crippen molar-refractivity contribution in [3.05, 3.63) is 30.2 Å². The smallest absolute Gasteiger partial charge is 0.341 e. The van der Waals surface area contributed by atoms with Gasteiger partial charge < -0.3 is 15.0 Å². The molecular weight excluding hydrogens is 260 g/mol. The van der Waals surface area contributed by atoms with E-state index in [4.69, 9.17) is 5.11 Å². The monoisotopic (exact) mass is 276 g/mol. The van der Waals surface area contributed by atoms with Crippen molar-refractivity contribution in [2.75, 3.05) is 5.32 Å².